The van der Waals surface area contributed by atoms with Crippen molar-refractivity contribution < 1.29 is 0 Å². The van der Waals surface area contributed by atoms with Crippen molar-refractivity contribution in [2.45, 2.75) is 39.2 Å². The Morgan fingerprint density at radius 1 is 1.00 bits per heavy atom. The van der Waals surface area contributed by atoms with Gasteiger partial charge in [-0.05, 0) is 67.6 Å². The molecule has 3 rings (SSSR count). The van der Waals surface area contributed by atoms with Gasteiger partial charge in [0.05, 0.1) is 0 Å². The van der Waals surface area contributed by atoms with Crippen LogP contribution in [0.2, 0.25) is 0 Å². The van der Waals surface area contributed by atoms with Crippen molar-refractivity contribution in [3.05, 3.63) is 59.7 Å². The molecule has 21 heavy (non-hydrogen) atoms. The Balaban J connectivity index is 1.92. The van der Waals surface area contributed by atoms with E-state index < -0.39 is 0 Å². The fourth-order valence-corrected chi connectivity index (χ4v) is 3.42. The standard InChI is InChI=1S/C20H25N/c1-3-17-9-4-5-12-20(17)19-11-8-10-18(15-19)16(2)21-13-6-7-14-21/h4-5,8-12,15-16H,3,6-7,13-14H2,1-2H3. The predicted molar refractivity (Wildman–Crippen MR) is 90.5 cm³/mol. The minimum Gasteiger partial charge on any atom is -0.297 e. The van der Waals surface area contributed by atoms with Gasteiger partial charge in [0, 0.05) is 6.04 Å². The maximum Gasteiger partial charge on any atom is 0.0320 e. The maximum atomic E-state index is 2.60. The summed E-state index contributed by atoms with van der Waals surface area (Å²) in [4.78, 5) is 2.60. The summed E-state index contributed by atoms with van der Waals surface area (Å²) in [5, 5.41) is 0. The molecule has 0 saturated carbocycles. The van der Waals surface area contributed by atoms with Gasteiger partial charge in [0.2, 0.25) is 0 Å². The molecule has 1 saturated heterocycles. The van der Waals surface area contributed by atoms with Crippen molar-refractivity contribution >= 4 is 0 Å². The zero-order chi connectivity index (χ0) is 14.7. The smallest absolute Gasteiger partial charge is 0.0320 e. The van der Waals surface area contributed by atoms with E-state index in [2.05, 4.69) is 67.3 Å². The van der Waals surface area contributed by atoms with Gasteiger partial charge in [0.25, 0.3) is 0 Å². The molecule has 0 radical (unpaired) electrons. The molecule has 1 fully saturated rings. The van der Waals surface area contributed by atoms with Crippen LogP contribution in [-0.2, 0) is 6.42 Å². The zero-order valence-electron chi connectivity index (χ0n) is 13.2. The van der Waals surface area contributed by atoms with Crippen LogP contribution in [0.3, 0.4) is 0 Å². The first-order chi connectivity index (χ1) is 10.3. The third-order valence-electron chi connectivity index (χ3n) is 4.77. The van der Waals surface area contributed by atoms with Crippen LogP contribution < -0.4 is 0 Å². The molecule has 1 nitrogen and oxygen atoms in total. The van der Waals surface area contributed by atoms with E-state index >= 15 is 0 Å². The van der Waals surface area contributed by atoms with Crippen LogP contribution in [0.5, 0.6) is 0 Å². The Hall–Kier alpha value is -1.60. The summed E-state index contributed by atoms with van der Waals surface area (Å²) in [7, 11) is 0. The van der Waals surface area contributed by atoms with Crippen LogP contribution in [-0.4, -0.2) is 18.0 Å². The van der Waals surface area contributed by atoms with E-state index in [0.29, 0.717) is 6.04 Å². The average Bonchev–Trinajstić information content (AvgIpc) is 3.08. The topological polar surface area (TPSA) is 3.24 Å². The summed E-state index contributed by atoms with van der Waals surface area (Å²) in [6, 6.07) is 18.4. The van der Waals surface area contributed by atoms with Crippen molar-refractivity contribution in [2.75, 3.05) is 13.1 Å². The van der Waals surface area contributed by atoms with E-state index in [1.54, 1.807) is 0 Å². The van der Waals surface area contributed by atoms with E-state index in [1.807, 2.05) is 0 Å². The van der Waals surface area contributed by atoms with Gasteiger partial charge in [-0.25, -0.2) is 0 Å². The van der Waals surface area contributed by atoms with E-state index in [1.165, 1.54) is 48.2 Å². The summed E-state index contributed by atoms with van der Waals surface area (Å²) in [6.07, 6.45) is 3.79. The summed E-state index contributed by atoms with van der Waals surface area (Å²) in [5.41, 5.74) is 5.62. The molecule has 1 aliphatic heterocycles. The molecule has 2 aromatic rings. The van der Waals surface area contributed by atoms with Crippen LogP contribution in [0.15, 0.2) is 48.5 Å². The number of hydrogen-bond donors (Lipinski definition) is 0. The third kappa shape index (κ3) is 3.03. The van der Waals surface area contributed by atoms with Crippen molar-refractivity contribution in [3.8, 4) is 11.1 Å². The van der Waals surface area contributed by atoms with Gasteiger partial charge in [0.15, 0.2) is 0 Å². The first-order valence-electron chi connectivity index (χ1n) is 8.22. The molecule has 1 aliphatic rings. The van der Waals surface area contributed by atoms with Crippen molar-refractivity contribution in [2.24, 2.45) is 0 Å². The lowest BCUT2D eigenvalue weighted by atomic mass is 9.95. The molecule has 0 bridgehead atoms. The van der Waals surface area contributed by atoms with Crippen LogP contribution in [0.25, 0.3) is 11.1 Å². The summed E-state index contributed by atoms with van der Waals surface area (Å²) in [5.74, 6) is 0. The van der Waals surface area contributed by atoms with Crippen molar-refractivity contribution in [1.82, 2.24) is 4.90 Å². The fraction of sp³-hybridized carbons (Fsp3) is 0.400. The van der Waals surface area contributed by atoms with Crippen LogP contribution in [0, 0.1) is 0 Å². The van der Waals surface area contributed by atoms with Gasteiger partial charge in [-0.3, -0.25) is 4.90 Å². The molecule has 1 atom stereocenters. The SMILES string of the molecule is CCc1ccccc1-c1cccc(C(C)N2CCCC2)c1. The number of nitrogens with zero attached hydrogens (tertiary/aromatic N) is 1. The molecule has 0 amide bonds. The monoisotopic (exact) mass is 279 g/mol. The Morgan fingerprint density at radius 2 is 1.76 bits per heavy atom. The highest BCUT2D eigenvalue weighted by molar-refractivity contribution is 5.68. The highest BCUT2D eigenvalue weighted by Crippen LogP contribution is 2.30. The zero-order valence-corrected chi connectivity index (χ0v) is 13.2. The second-order valence-electron chi connectivity index (χ2n) is 6.06. The third-order valence-corrected chi connectivity index (χ3v) is 4.77. The number of rotatable bonds is 4. The Morgan fingerprint density at radius 3 is 2.52 bits per heavy atom. The molecule has 1 heterocycles. The molecule has 0 aliphatic carbocycles. The van der Waals surface area contributed by atoms with Crippen molar-refractivity contribution in [1.29, 1.82) is 0 Å². The van der Waals surface area contributed by atoms with Crippen LogP contribution in [0.4, 0.5) is 0 Å². The summed E-state index contributed by atoms with van der Waals surface area (Å²) >= 11 is 0. The summed E-state index contributed by atoms with van der Waals surface area (Å²) < 4.78 is 0. The van der Waals surface area contributed by atoms with Crippen molar-refractivity contribution in [3.63, 3.8) is 0 Å². The van der Waals surface area contributed by atoms with E-state index in [9.17, 15) is 0 Å². The van der Waals surface area contributed by atoms with Gasteiger partial charge in [0.1, 0.15) is 0 Å². The van der Waals surface area contributed by atoms with Gasteiger partial charge in [-0.15, -0.1) is 0 Å². The Labute approximate surface area is 128 Å². The molecule has 1 heteroatoms. The maximum absolute atomic E-state index is 2.60. The first-order valence-corrected chi connectivity index (χ1v) is 8.22. The molecule has 0 N–H and O–H groups in total. The molecule has 2 aromatic carbocycles. The lowest BCUT2D eigenvalue weighted by Crippen LogP contribution is -2.23. The molecule has 0 aromatic heterocycles. The molecule has 1 unspecified atom stereocenters. The van der Waals surface area contributed by atoms with E-state index in [0.717, 1.165) is 6.42 Å². The minimum atomic E-state index is 0.529. The molecular formula is C20H25N. The number of aryl methyl sites for hydroxylation is 1. The highest BCUT2D eigenvalue weighted by Gasteiger charge is 2.19. The number of likely N-dealkylation sites (tertiary alicyclic amines) is 1. The normalized spacial score (nSPS) is 17.0. The minimum absolute atomic E-state index is 0.529. The van der Waals surface area contributed by atoms with Gasteiger partial charge >= 0.3 is 0 Å². The van der Waals surface area contributed by atoms with Crippen LogP contribution in [0.1, 0.15) is 43.9 Å². The predicted octanol–water partition coefficient (Wildman–Crippen LogP) is 5.07. The molecular weight excluding hydrogens is 254 g/mol. The van der Waals surface area contributed by atoms with Gasteiger partial charge in [-0.1, -0.05) is 49.4 Å². The number of hydrogen-bond acceptors (Lipinski definition) is 1. The molecule has 110 valence electrons. The Kier molecular flexibility index (Phi) is 4.40. The van der Waals surface area contributed by atoms with E-state index in [-0.39, 0.29) is 0 Å². The lowest BCUT2D eigenvalue weighted by Gasteiger charge is -2.24. The van der Waals surface area contributed by atoms with Gasteiger partial charge in [-0.2, -0.15) is 0 Å². The van der Waals surface area contributed by atoms with Gasteiger partial charge < -0.3 is 0 Å². The number of benzene rings is 2. The Bertz CT molecular complexity index is 596. The first kappa shape index (κ1) is 14.3. The van der Waals surface area contributed by atoms with Crippen LogP contribution >= 0.6 is 0 Å². The van der Waals surface area contributed by atoms with E-state index in [4.69, 9.17) is 0 Å². The molecule has 0 spiro atoms. The highest BCUT2D eigenvalue weighted by atomic mass is 15.2. The quantitative estimate of drug-likeness (QED) is 0.755. The summed E-state index contributed by atoms with van der Waals surface area (Å²) in [6.45, 7) is 7.07. The second kappa shape index (κ2) is 6.44. The fourth-order valence-electron chi connectivity index (χ4n) is 3.42. The average molecular weight is 279 g/mol. The largest absolute Gasteiger partial charge is 0.297 e. The second-order valence-corrected chi connectivity index (χ2v) is 6.06. The lowest BCUT2D eigenvalue weighted by molar-refractivity contribution is 0.263.